The van der Waals surface area contributed by atoms with E-state index in [1.54, 1.807) is 14.2 Å². The third kappa shape index (κ3) is 13.8. The number of hydrogen-bond donors (Lipinski definition) is 0. The average Bonchev–Trinajstić information content (AvgIpc) is 2.38. The Bertz CT molecular complexity index is 181. The zero-order valence-corrected chi connectivity index (χ0v) is 14.5. The van der Waals surface area contributed by atoms with Gasteiger partial charge in [-0.05, 0) is 13.8 Å². The van der Waals surface area contributed by atoms with Crippen molar-refractivity contribution in [3.05, 3.63) is 25.3 Å². The maximum Gasteiger partial charge on any atom is 0.325 e. The summed E-state index contributed by atoms with van der Waals surface area (Å²) in [7, 11) is 0.679. The molecule has 0 aliphatic carbocycles. The van der Waals surface area contributed by atoms with Gasteiger partial charge in [0.25, 0.3) is 0 Å². The molecule has 6 heteroatoms. The van der Waals surface area contributed by atoms with E-state index in [1.165, 1.54) is 0 Å². The zero-order chi connectivity index (χ0) is 14.2. The van der Waals surface area contributed by atoms with Crippen LogP contribution in [0.2, 0.25) is 12.1 Å². The molecule has 0 aliphatic rings. The fourth-order valence-electron chi connectivity index (χ4n) is 1.12. The Morgan fingerprint density at radius 1 is 0.833 bits per heavy atom. The molecule has 0 N–H and O–H groups in total. The van der Waals surface area contributed by atoms with Crippen LogP contribution in [0.4, 0.5) is 0 Å². The highest BCUT2D eigenvalue weighted by Crippen LogP contribution is 1.97. The van der Waals surface area contributed by atoms with E-state index < -0.39 is 18.6 Å². The van der Waals surface area contributed by atoms with Crippen LogP contribution in [0.1, 0.15) is 13.8 Å². The first-order valence-electron chi connectivity index (χ1n) is 6.20. The lowest BCUT2D eigenvalue weighted by molar-refractivity contribution is 0.216. The molecule has 0 rings (SSSR count). The van der Waals surface area contributed by atoms with E-state index in [1.807, 2.05) is 26.0 Å². The van der Waals surface area contributed by atoms with Crippen molar-refractivity contribution in [3.63, 3.8) is 0 Å². The number of allylic oxidation sites excluding steroid dienone is 2. The van der Waals surface area contributed by atoms with Crippen LogP contribution in [0.5, 0.6) is 0 Å². The lowest BCUT2D eigenvalue weighted by Gasteiger charge is -2.11. The van der Waals surface area contributed by atoms with Gasteiger partial charge in [0.15, 0.2) is 0 Å². The smallest absolute Gasteiger partial charge is 0.325 e. The number of hydrogen-bond acceptors (Lipinski definition) is 4. The minimum atomic E-state index is -1.35. The molecule has 0 fully saturated rings. The topological polar surface area (TPSA) is 36.9 Å². The molecule has 4 nitrogen and oxygen atoms in total. The van der Waals surface area contributed by atoms with E-state index in [2.05, 4.69) is 13.2 Å². The van der Waals surface area contributed by atoms with Crippen molar-refractivity contribution in [2.24, 2.45) is 0 Å². The summed E-state index contributed by atoms with van der Waals surface area (Å²) < 4.78 is 20.7. The largest absolute Gasteiger partial charge is 0.400 e. The molecule has 0 aromatic carbocycles. The summed E-state index contributed by atoms with van der Waals surface area (Å²) in [5.74, 6) is 0. The molecule has 0 aromatic heterocycles. The van der Waals surface area contributed by atoms with E-state index in [-0.39, 0.29) is 0 Å². The normalized spacial score (nSPS) is 10.1. The van der Waals surface area contributed by atoms with Gasteiger partial charge in [0.1, 0.15) is 0 Å². The molecule has 0 atom stereocenters. The maximum absolute atomic E-state index is 5.37. The van der Waals surface area contributed by atoms with E-state index in [0.29, 0.717) is 0 Å². The summed E-state index contributed by atoms with van der Waals surface area (Å²) in [5, 5.41) is 0. The lowest BCUT2D eigenvalue weighted by Crippen LogP contribution is -2.21. The molecule has 18 heavy (non-hydrogen) atoms. The fraction of sp³-hybridized carbons (Fsp3) is 0.667. The zero-order valence-electron chi connectivity index (χ0n) is 12.2. The molecule has 0 saturated carbocycles. The fourth-order valence-corrected chi connectivity index (χ4v) is 3.35. The van der Waals surface area contributed by atoms with Gasteiger partial charge in [-0.15, -0.1) is 13.2 Å². The minimum absolute atomic E-state index is 0.755. The first kappa shape index (κ1) is 20.1. The Morgan fingerprint density at radius 2 is 1.22 bits per heavy atom. The highest BCUT2D eigenvalue weighted by molar-refractivity contribution is 6.45. The van der Waals surface area contributed by atoms with Gasteiger partial charge in [-0.2, -0.15) is 0 Å². The Kier molecular flexibility index (Phi) is 18.7. The Balaban J connectivity index is 0. The van der Waals surface area contributed by atoms with Gasteiger partial charge in [-0.25, -0.2) is 0 Å². The van der Waals surface area contributed by atoms with E-state index >= 15 is 0 Å². The van der Waals surface area contributed by atoms with Crippen molar-refractivity contribution < 1.29 is 17.7 Å². The highest BCUT2D eigenvalue weighted by Gasteiger charge is 2.07. The van der Waals surface area contributed by atoms with Gasteiger partial charge in [0.05, 0.1) is 0 Å². The van der Waals surface area contributed by atoms with E-state index in [0.717, 1.165) is 25.3 Å². The summed E-state index contributed by atoms with van der Waals surface area (Å²) in [6.07, 6.45) is 3.69. The van der Waals surface area contributed by atoms with Crippen LogP contribution in [-0.2, 0) is 17.7 Å². The quantitative estimate of drug-likeness (QED) is 0.457. The molecule has 0 aromatic rings. The summed E-state index contributed by atoms with van der Waals surface area (Å²) >= 11 is 0. The van der Waals surface area contributed by atoms with Gasteiger partial charge < -0.3 is 17.7 Å². The average molecular weight is 293 g/mol. The van der Waals surface area contributed by atoms with Crippen molar-refractivity contribution in [2.45, 2.75) is 25.9 Å². The summed E-state index contributed by atoms with van der Waals surface area (Å²) in [5.41, 5.74) is 0. The Hall–Kier alpha value is -0.246. The van der Waals surface area contributed by atoms with Crippen LogP contribution in [0.15, 0.2) is 25.3 Å². The van der Waals surface area contributed by atoms with Crippen LogP contribution in [-0.4, -0.2) is 46.0 Å². The van der Waals surface area contributed by atoms with E-state index in [9.17, 15) is 0 Å². The van der Waals surface area contributed by atoms with Crippen LogP contribution < -0.4 is 0 Å². The lowest BCUT2D eigenvalue weighted by atomic mass is 10.8. The SMILES string of the molecule is C=CC[SiH](OC)OC.C=CC[SiH](OCC)OCC. The molecule has 0 amide bonds. The second kappa shape index (κ2) is 16.8. The molecular weight excluding hydrogens is 264 g/mol. The molecule has 0 radical (unpaired) electrons. The molecule has 0 bridgehead atoms. The molecule has 0 aliphatic heterocycles. The molecule has 0 unspecified atom stereocenters. The second-order valence-electron chi connectivity index (χ2n) is 3.29. The third-order valence-electron chi connectivity index (χ3n) is 1.95. The summed E-state index contributed by atoms with van der Waals surface area (Å²) in [6, 6.07) is 1.79. The van der Waals surface area contributed by atoms with Gasteiger partial charge in [-0.1, -0.05) is 12.2 Å². The van der Waals surface area contributed by atoms with Gasteiger partial charge in [-0.3, -0.25) is 0 Å². The summed E-state index contributed by atoms with van der Waals surface area (Å²) in [4.78, 5) is 0. The van der Waals surface area contributed by atoms with Crippen LogP contribution in [0, 0.1) is 0 Å². The summed E-state index contributed by atoms with van der Waals surface area (Å²) in [6.45, 7) is 12.7. The van der Waals surface area contributed by atoms with Gasteiger partial charge in [0, 0.05) is 39.5 Å². The van der Waals surface area contributed by atoms with Crippen molar-refractivity contribution in [1.82, 2.24) is 0 Å². The van der Waals surface area contributed by atoms with Crippen molar-refractivity contribution in [1.29, 1.82) is 0 Å². The maximum atomic E-state index is 5.37. The molecule has 0 heterocycles. The highest BCUT2D eigenvalue weighted by atomic mass is 28.3. The molecule has 108 valence electrons. The molecule has 0 saturated heterocycles. The molecule has 0 spiro atoms. The minimum Gasteiger partial charge on any atom is -0.400 e. The predicted octanol–water partition coefficient (Wildman–Crippen LogP) is 2.15. The third-order valence-corrected chi connectivity index (χ3v) is 5.85. The monoisotopic (exact) mass is 292 g/mol. The van der Waals surface area contributed by atoms with Crippen LogP contribution in [0.3, 0.4) is 0 Å². The Morgan fingerprint density at radius 3 is 1.44 bits per heavy atom. The van der Waals surface area contributed by atoms with Gasteiger partial charge in [0.2, 0.25) is 0 Å². The molecular formula is C12H28O4Si2. The Labute approximate surface area is 115 Å². The first-order chi connectivity index (χ1) is 8.69. The number of rotatable bonds is 10. The van der Waals surface area contributed by atoms with Crippen LogP contribution >= 0.6 is 0 Å². The predicted molar refractivity (Wildman–Crippen MR) is 81.6 cm³/mol. The van der Waals surface area contributed by atoms with Crippen molar-refractivity contribution in [2.75, 3.05) is 27.4 Å². The standard InChI is InChI=1S/C7H16O2Si.C5H12O2Si/c1-4-7-10(8-5-2)9-6-3;1-4-5-8(6-2)7-3/h4,10H,1,5-7H2,2-3H3;4,8H,1,5H2,2-3H3. The first-order valence-corrected chi connectivity index (χ1v) is 9.72. The second-order valence-corrected chi connectivity index (χ2v) is 7.56. The van der Waals surface area contributed by atoms with Gasteiger partial charge >= 0.3 is 18.6 Å². The van der Waals surface area contributed by atoms with Crippen LogP contribution in [0.25, 0.3) is 0 Å². The van der Waals surface area contributed by atoms with E-state index in [4.69, 9.17) is 17.7 Å². The van der Waals surface area contributed by atoms with Crippen molar-refractivity contribution in [3.8, 4) is 0 Å². The van der Waals surface area contributed by atoms with Crippen molar-refractivity contribution >= 4 is 18.6 Å².